The molecule has 29 heavy (non-hydrogen) atoms. The number of rotatable bonds is 3. The van der Waals surface area contributed by atoms with E-state index in [-0.39, 0.29) is 33.8 Å². The van der Waals surface area contributed by atoms with Crippen LogP contribution in [0.4, 0.5) is 10.1 Å². The van der Waals surface area contributed by atoms with E-state index in [0.29, 0.717) is 19.1 Å². The first kappa shape index (κ1) is 19.7. The SMILES string of the molecule is COc1c(N2CC(N)C3(CC3)C2)c(F)cc2c(=O)c(C(=O)O)c[nH]c12.NC1CC1. The van der Waals surface area contributed by atoms with Gasteiger partial charge in [0.15, 0.2) is 11.6 Å². The van der Waals surface area contributed by atoms with Gasteiger partial charge in [-0.25, -0.2) is 9.18 Å². The first-order valence-corrected chi connectivity index (χ1v) is 9.68. The van der Waals surface area contributed by atoms with Crippen LogP contribution in [-0.2, 0) is 0 Å². The lowest BCUT2D eigenvalue weighted by Gasteiger charge is -2.23. The zero-order valence-corrected chi connectivity index (χ0v) is 16.2. The Morgan fingerprint density at radius 2 is 2.03 bits per heavy atom. The standard InChI is InChI=1S/C17H18FN3O4.C3H7N/c1-25-15-12-8(14(22)9(5-20-12)16(23)24)4-10(18)13(15)21-6-11(19)17(7-21)2-3-17;4-3-1-2-3/h4-5,11H,2-3,6-7,19H2,1H3,(H,20,22)(H,23,24);3H,1-2,4H2. The molecule has 0 radical (unpaired) electrons. The Labute approximate surface area is 166 Å². The molecule has 2 heterocycles. The van der Waals surface area contributed by atoms with E-state index in [1.807, 2.05) is 4.90 Å². The van der Waals surface area contributed by atoms with Crippen molar-refractivity contribution in [2.45, 2.75) is 37.8 Å². The van der Waals surface area contributed by atoms with Crippen molar-refractivity contribution in [3.63, 3.8) is 0 Å². The number of carboxylic acids is 1. The molecule has 1 aromatic heterocycles. The molecule has 1 aromatic carbocycles. The van der Waals surface area contributed by atoms with Crippen LogP contribution >= 0.6 is 0 Å². The lowest BCUT2D eigenvalue weighted by molar-refractivity contribution is 0.0695. The summed E-state index contributed by atoms with van der Waals surface area (Å²) in [7, 11) is 1.39. The molecule has 1 spiro atoms. The van der Waals surface area contributed by atoms with Crippen LogP contribution in [0.5, 0.6) is 5.75 Å². The van der Waals surface area contributed by atoms with Crippen molar-refractivity contribution in [2.24, 2.45) is 16.9 Å². The molecule has 6 N–H and O–H groups in total. The second kappa shape index (κ2) is 7.00. The molecule has 3 fully saturated rings. The number of carbonyl (C=O) groups is 1. The Morgan fingerprint density at radius 1 is 1.38 bits per heavy atom. The molecular weight excluding hydrogens is 379 g/mol. The van der Waals surface area contributed by atoms with Gasteiger partial charge in [-0.2, -0.15) is 0 Å². The van der Waals surface area contributed by atoms with Crippen LogP contribution in [0, 0.1) is 11.2 Å². The summed E-state index contributed by atoms with van der Waals surface area (Å²) in [5.41, 5.74) is 10.8. The molecule has 1 saturated heterocycles. The summed E-state index contributed by atoms with van der Waals surface area (Å²) >= 11 is 0. The van der Waals surface area contributed by atoms with Crippen molar-refractivity contribution in [1.82, 2.24) is 4.98 Å². The smallest absolute Gasteiger partial charge is 0.341 e. The number of aromatic amines is 1. The molecule has 1 atom stereocenters. The highest BCUT2D eigenvalue weighted by Gasteiger charge is 2.54. The Hall–Kier alpha value is -2.65. The number of carboxylic acid groups (broad SMARTS) is 1. The minimum absolute atomic E-state index is 0.0271. The quantitative estimate of drug-likeness (QED) is 0.607. The predicted molar refractivity (Wildman–Crippen MR) is 107 cm³/mol. The second-order valence-corrected chi connectivity index (χ2v) is 8.19. The highest BCUT2D eigenvalue weighted by molar-refractivity contribution is 5.96. The summed E-state index contributed by atoms with van der Waals surface area (Å²) in [6.07, 6.45) is 5.69. The van der Waals surface area contributed by atoms with Gasteiger partial charge in [-0.3, -0.25) is 4.79 Å². The maximum atomic E-state index is 14.9. The van der Waals surface area contributed by atoms with Crippen molar-refractivity contribution < 1.29 is 19.0 Å². The summed E-state index contributed by atoms with van der Waals surface area (Å²) in [4.78, 5) is 28.1. The largest absolute Gasteiger partial charge is 0.492 e. The van der Waals surface area contributed by atoms with E-state index >= 15 is 0 Å². The van der Waals surface area contributed by atoms with Gasteiger partial charge in [0.1, 0.15) is 11.3 Å². The maximum absolute atomic E-state index is 14.9. The monoisotopic (exact) mass is 404 g/mol. The van der Waals surface area contributed by atoms with Gasteiger partial charge in [0.25, 0.3) is 0 Å². The number of halogens is 1. The summed E-state index contributed by atoms with van der Waals surface area (Å²) in [5.74, 6) is -1.80. The highest BCUT2D eigenvalue weighted by atomic mass is 19.1. The summed E-state index contributed by atoms with van der Waals surface area (Å²) in [6, 6.07) is 1.63. The van der Waals surface area contributed by atoms with Gasteiger partial charge in [-0.15, -0.1) is 0 Å². The van der Waals surface area contributed by atoms with Crippen molar-refractivity contribution in [3.05, 3.63) is 33.9 Å². The third kappa shape index (κ3) is 3.44. The Balaban J connectivity index is 0.000000458. The molecule has 5 rings (SSSR count). The number of fused-ring (bicyclic) bond motifs is 1. The number of H-pyrrole nitrogens is 1. The first-order chi connectivity index (χ1) is 13.8. The Morgan fingerprint density at radius 3 is 2.52 bits per heavy atom. The van der Waals surface area contributed by atoms with E-state index in [0.717, 1.165) is 25.1 Å². The van der Waals surface area contributed by atoms with E-state index in [2.05, 4.69) is 4.98 Å². The maximum Gasteiger partial charge on any atom is 0.341 e. The zero-order chi connectivity index (χ0) is 20.9. The second-order valence-electron chi connectivity index (χ2n) is 8.19. The van der Waals surface area contributed by atoms with Crippen molar-refractivity contribution in [3.8, 4) is 5.75 Å². The molecule has 0 amide bonds. The molecule has 0 bridgehead atoms. The van der Waals surface area contributed by atoms with Gasteiger partial charge in [0.2, 0.25) is 5.43 Å². The molecule has 9 heteroatoms. The molecule has 1 unspecified atom stereocenters. The third-order valence-electron chi connectivity index (χ3n) is 6.03. The number of ether oxygens (including phenoxy) is 1. The molecular formula is C20H25FN4O4. The van der Waals surface area contributed by atoms with E-state index in [4.69, 9.17) is 21.3 Å². The van der Waals surface area contributed by atoms with Gasteiger partial charge in [0, 0.05) is 36.8 Å². The van der Waals surface area contributed by atoms with Crippen LogP contribution in [0.15, 0.2) is 17.1 Å². The van der Waals surface area contributed by atoms with Gasteiger partial charge < -0.3 is 31.2 Å². The summed E-state index contributed by atoms with van der Waals surface area (Å²) in [6.45, 7) is 1.15. The fourth-order valence-electron chi connectivity index (χ4n) is 3.90. The number of benzene rings is 1. The minimum Gasteiger partial charge on any atom is -0.492 e. The number of aromatic nitrogens is 1. The normalized spacial score (nSPS) is 21.8. The predicted octanol–water partition coefficient (Wildman–Crippen LogP) is 1.41. The van der Waals surface area contributed by atoms with Gasteiger partial charge in [-0.1, -0.05) is 0 Å². The fraction of sp³-hybridized carbons (Fsp3) is 0.500. The molecule has 3 aliphatic rings. The molecule has 1 aliphatic heterocycles. The van der Waals surface area contributed by atoms with Crippen LogP contribution in [0.3, 0.4) is 0 Å². The Bertz CT molecular complexity index is 1030. The lowest BCUT2D eigenvalue weighted by Crippen LogP contribution is -2.30. The van der Waals surface area contributed by atoms with Gasteiger partial charge in [0.05, 0.1) is 18.0 Å². The summed E-state index contributed by atoms with van der Waals surface area (Å²) < 4.78 is 20.3. The number of pyridine rings is 1. The van der Waals surface area contributed by atoms with Crippen LogP contribution in [0.1, 0.15) is 36.0 Å². The van der Waals surface area contributed by atoms with Crippen molar-refractivity contribution in [2.75, 3.05) is 25.1 Å². The van der Waals surface area contributed by atoms with Gasteiger partial charge in [-0.05, 0) is 31.7 Å². The van der Waals surface area contributed by atoms with Crippen LogP contribution in [-0.4, -0.2) is 48.3 Å². The third-order valence-corrected chi connectivity index (χ3v) is 6.03. The number of hydrogen-bond acceptors (Lipinski definition) is 6. The number of nitrogens with two attached hydrogens (primary N) is 2. The van der Waals surface area contributed by atoms with Crippen LogP contribution in [0.2, 0.25) is 0 Å². The number of nitrogens with one attached hydrogen (secondary N) is 1. The topological polar surface area (TPSA) is 135 Å². The number of methoxy groups -OCH3 is 1. The fourth-order valence-corrected chi connectivity index (χ4v) is 3.90. The Kier molecular flexibility index (Phi) is 4.74. The molecule has 2 saturated carbocycles. The number of aromatic carboxylic acids is 1. The highest BCUT2D eigenvalue weighted by Crippen LogP contribution is 2.54. The minimum atomic E-state index is -1.37. The average molecular weight is 404 g/mol. The van der Waals surface area contributed by atoms with Gasteiger partial charge >= 0.3 is 5.97 Å². The lowest BCUT2D eigenvalue weighted by atomic mass is 10.0. The van der Waals surface area contributed by atoms with Crippen molar-refractivity contribution >= 4 is 22.6 Å². The average Bonchev–Trinajstić information content (AvgIpc) is 3.58. The van der Waals surface area contributed by atoms with Crippen LogP contribution < -0.4 is 26.5 Å². The van der Waals surface area contributed by atoms with E-state index in [9.17, 15) is 14.0 Å². The van der Waals surface area contributed by atoms with E-state index in [1.165, 1.54) is 20.0 Å². The molecule has 156 valence electrons. The molecule has 8 nitrogen and oxygen atoms in total. The first-order valence-electron chi connectivity index (χ1n) is 9.68. The van der Waals surface area contributed by atoms with Crippen LogP contribution in [0.25, 0.3) is 10.9 Å². The van der Waals surface area contributed by atoms with E-state index < -0.39 is 22.8 Å². The summed E-state index contributed by atoms with van der Waals surface area (Å²) in [5, 5.41) is 9.02. The molecule has 2 aromatic rings. The zero-order valence-electron chi connectivity index (χ0n) is 16.2. The number of anilines is 1. The molecule has 2 aliphatic carbocycles. The van der Waals surface area contributed by atoms with Crippen molar-refractivity contribution in [1.29, 1.82) is 0 Å². The van der Waals surface area contributed by atoms with E-state index in [1.54, 1.807) is 0 Å². The number of nitrogens with zero attached hydrogens (tertiary/aromatic N) is 1. The number of hydrogen-bond donors (Lipinski definition) is 4.